The van der Waals surface area contributed by atoms with Crippen molar-refractivity contribution in [3.8, 4) is 21.6 Å². The predicted octanol–water partition coefficient (Wildman–Crippen LogP) is 2.85. The van der Waals surface area contributed by atoms with Crippen LogP contribution in [-0.2, 0) is 16.0 Å². The van der Waals surface area contributed by atoms with Gasteiger partial charge >= 0.3 is 35.7 Å². The summed E-state index contributed by atoms with van der Waals surface area (Å²) in [5, 5.41) is 13.5. The number of nitrogens with one attached hydrogen (secondary N) is 1. The van der Waals surface area contributed by atoms with Gasteiger partial charge in [0.25, 0.3) is 0 Å². The average molecular weight is 529 g/mol. The average Bonchev–Trinajstić information content (AvgIpc) is 3.21. The molecule has 186 valence electrons. The molecule has 37 heavy (non-hydrogen) atoms. The summed E-state index contributed by atoms with van der Waals surface area (Å²) in [5.74, 6) is -1.78. The number of rotatable bonds is 9. The Kier molecular flexibility index (Phi) is 11.5. The summed E-state index contributed by atoms with van der Waals surface area (Å²) in [7, 11) is 0. The van der Waals surface area contributed by atoms with Crippen LogP contribution in [0.2, 0.25) is 0 Å². The maximum Gasteiger partial charge on any atom is 1.00 e. The summed E-state index contributed by atoms with van der Waals surface area (Å²) in [6.07, 6.45) is 4.42. The van der Waals surface area contributed by atoms with Crippen LogP contribution >= 0.6 is 11.5 Å². The van der Waals surface area contributed by atoms with E-state index in [0.717, 1.165) is 21.6 Å². The molecule has 3 rings (SSSR count). The molecular formula is C28H26FN2NaO4S. The molecule has 0 aliphatic carbocycles. The number of allylic oxidation sites excluding steroid dienone is 3. The molecule has 6 nitrogen and oxygen atoms in total. The van der Waals surface area contributed by atoms with Crippen LogP contribution in [0.4, 0.5) is 14.9 Å². The van der Waals surface area contributed by atoms with Gasteiger partial charge in [0.15, 0.2) is 0 Å². The Morgan fingerprint density at radius 1 is 1.19 bits per heavy atom. The maximum absolute atomic E-state index is 14.6. The third-order valence-electron chi connectivity index (χ3n) is 5.55. The minimum Gasteiger partial charge on any atom is -0.550 e. The van der Waals surface area contributed by atoms with Gasteiger partial charge in [0, 0.05) is 18.0 Å². The third-order valence-corrected chi connectivity index (χ3v) is 6.53. The van der Waals surface area contributed by atoms with Gasteiger partial charge < -0.3 is 14.6 Å². The standard InChI is InChI=1S/C28H27FN2O4S.Na/c1-5-7-22(17(3)6-2)16-35-28(34)30-26-18(4)31-36-27(26)21-11-9-20(10-12-21)23-13-8-19(14-24(23)29)15-25(32)33;/h5-14H,1,15-16H2,2-4H3,(H,30,34)(H,32,33);/q;+1/p-1/b17-6-,22-7-;. The van der Waals surface area contributed by atoms with Crippen LogP contribution < -0.4 is 40.0 Å². The molecule has 0 saturated carbocycles. The fourth-order valence-corrected chi connectivity index (χ4v) is 4.34. The number of hydrogen-bond acceptors (Lipinski definition) is 6. The maximum atomic E-state index is 14.6. The van der Waals surface area contributed by atoms with E-state index < -0.39 is 17.9 Å². The van der Waals surface area contributed by atoms with Crippen LogP contribution in [-0.4, -0.2) is 23.0 Å². The SMILES string of the molecule is C=C/C=C(COC(=O)Nc1c(C)nsc1-c1ccc(-c2ccc(CC(=O)[O-])cc2F)cc1)\C(C)=C/C.[Na+]. The van der Waals surface area contributed by atoms with Crippen molar-refractivity contribution in [2.75, 3.05) is 11.9 Å². The Balaban J connectivity index is 0.00000481. The molecule has 1 amide bonds. The van der Waals surface area contributed by atoms with E-state index in [-0.39, 0.29) is 42.6 Å². The second-order valence-corrected chi connectivity index (χ2v) is 8.79. The van der Waals surface area contributed by atoms with Crippen LogP contribution in [0.3, 0.4) is 0 Å². The Morgan fingerprint density at radius 2 is 1.86 bits per heavy atom. The molecule has 1 heterocycles. The van der Waals surface area contributed by atoms with Gasteiger partial charge in [-0.25, -0.2) is 9.18 Å². The van der Waals surface area contributed by atoms with Crippen molar-refractivity contribution in [2.45, 2.75) is 27.2 Å². The van der Waals surface area contributed by atoms with Gasteiger partial charge in [-0.3, -0.25) is 5.32 Å². The number of carbonyl (C=O) groups is 2. The topological polar surface area (TPSA) is 91.3 Å². The molecule has 0 aliphatic heterocycles. The number of aromatic nitrogens is 1. The number of benzene rings is 2. The summed E-state index contributed by atoms with van der Waals surface area (Å²) in [6, 6.07) is 11.5. The Morgan fingerprint density at radius 3 is 2.46 bits per heavy atom. The number of anilines is 1. The molecule has 0 aliphatic rings. The number of aryl methyl sites for hydroxylation is 1. The number of nitrogens with zero attached hydrogens (tertiary/aromatic N) is 1. The summed E-state index contributed by atoms with van der Waals surface area (Å²) < 4.78 is 24.4. The first-order chi connectivity index (χ1) is 17.2. The largest absolute Gasteiger partial charge is 1.00 e. The zero-order valence-corrected chi connectivity index (χ0v) is 24.1. The van der Waals surface area contributed by atoms with Crippen LogP contribution in [0.25, 0.3) is 21.6 Å². The summed E-state index contributed by atoms with van der Waals surface area (Å²) in [6.45, 7) is 9.42. The van der Waals surface area contributed by atoms with Crippen molar-refractivity contribution in [3.63, 3.8) is 0 Å². The number of amides is 1. The number of halogens is 1. The van der Waals surface area contributed by atoms with Crippen molar-refractivity contribution < 1.29 is 53.4 Å². The van der Waals surface area contributed by atoms with Crippen molar-refractivity contribution in [3.05, 3.63) is 95.5 Å². The van der Waals surface area contributed by atoms with E-state index in [0.29, 0.717) is 28.1 Å². The van der Waals surface area contributed by atoms with Crippen LogP contribution in [0, 0.1) is 12.7 Å². The summed E-state index contributed by atoms with van der Waals surface area (Å²) in [5.41, 5.74) is 5.15. The molecule has 9 heteroatoms. The Bertz CT molecular complexity index is 1350. The fourth-order valence-electron chi connectivity index (χ4n) is 3.49. The molecule has 0 unspecified atom stereocenters. The second-order valence-electron chi connectivity index (χ2n) is 8.01. The molecule has 1 aromatic heterocycles. The first-order valence-corrected chi connectivity index (χ1v) is 11.9. The Labute approximate surface area is 242 Å². The number of hydrogen-bond donors (Lipinski definition) is 1. The van der Waals surface area contributed by atoms with Gasteiger partial charge in [-0.15, -0.1) is 0 Å². The first kappa shape index (κ1) is 30.2. The van der Waals surface area contributed by atoms with E-state index >= 15 is 0 Å². The van der Waals surface area contributed by atoms with Crippen molar-refractivity contribution in [2.24, 2.45) is 0 Å². The number of ether oxygens (including phenoxy) is 1. The van der Waals surface area contributed by atoms with Crippen LogP contribution in [0.15, 0.2) is 78.4 Å². The molecule has 0 bridgehead atoms. The molecule has 1 N–H and O–H groups in total. The van der Waals surface area contributed by atoms with Gasteiger partial charge in [-0.1, -0.05) is 61.2 Å². The molecular weight excluding hydrogens is 502 g/mol. The Hall–Kier alpha value is -3.04. The van der Waals surface area contributed by atoms with Crippen molar-refractivity contribution in [1.82, 2.24) is 4.37 Å². The summed E-state index contributed by atoms with van der Waals surface area (Å²) in [4.78, 5) is 24.0. The zero-order valence-electron chi connectivity index (χ0n) is 21.3. The van der Waals surface area contributed by atoms with E-state index in [1.807, 2.05) is 32.1 Å². The zero-order chi connectivity index (χ0) is 26.2. The fraction of sp³-hybridized carbons (Fsp3) is 0.179. The van der Waals surface area contributed by atoms with E-state index in [9.17, 15) is 19.1 Å². The molecule has 3 aromatic rings. The number of carbonyl (C=O) groups excluding carboxylic acids is 2. The molecule has 0 saturated heterocycles. The van der Waals surface area contributed by atoms with Gasteiger partial charge in [-0.2, -0.15) is 4.37 Å². The molecule has 0 radical (unpaired) electrons. The van der Waals surface area contributed by atoms with Crippen molar-refractivity contribution >= 4 is 29.3 Å². The van der Waals surface area contributed by atoms with Gasteiger partial charge in [0.1, 0.15) is 12.4 Å². The number of carboxylic acids is 1. The minimum absolute atomic E-state index is 0. The van der Waals surface area contributed by atoms with E-state index in [4.69, 9.17) is 4.74 Å². The molecule has 0 fully saturated rings. The van der Waals surface area contributed by atoms with Gasteiger partial charge in [0.2, 0.25) is 0 Å². The normalized spacial score (nSPS) is 11.5. The summed E-state index contributed by atoms with van der Waals surface area (Å²) >= 11 is 1.24. The minimum atomic E-state index is -1.26. The van der Waals surface area contributed by atoms with E-state index in [1.165, 1.54) is 17.6 Å². The van der Waals surface area contributed by atoms with E-state index in [1.54, 1.807) is 43.3 Å². The quantitative estimate of drug-likeness (QED) is 0.341. The third kappa shape index (κ3) is 7.97. The van der Waals surface area contributed by atoms with Crippen molar-refractivity contribution in [1.29, 1.82) is 0 Å². The number of aliphatic carboxylic acids is 1. The smallest absolute Gasteiger partial charge is 0.550 e. The van der Waals surface area contributed by atoms with Gasteiger partial charge in [0.05, 0.1) is 16.3 Å². The van der Waals surface area contributed by atoms with E-state index in [2.05, 4.69) is 16.3 Å². The van der Waals surface area contributed by atoms with Crippen LogP contribution in [0.1, 0.15) is 25.1 Å². The molecule has 0 atom stereocenters. The molecule has 2 aromatic carbocycles. The number of carboxylic acid groups (broad SMARTS) is 1. The first-order valence-electron chi connectivity index (χ1n) is 11.2. The molecule has 0 spiro atoms. The monoisotopic (exact) mass is 528 g/mol. The van der Waals surface area contributed by atoms with Gasteiger partial charge in [-0.05, 0) is 66.2 Å². The predicted molar refractivity (Wildman–Crippen MR) is 139 cm³/mol. The second kappa shape index (κ2) is 14.0. The van der Waals surface area contributed by atoms with Crippen LogP contribution in [0.5, 0.6) is 0 Å².